The van der Waals surface area contributed by atoms with E-state index >= 15 is 0 Å². The Morgan fingerprint density at radius 2 is 1.86 bits per heavy atom. The largest absolute Gasteiger partial charge is 0.481 e. The smallest absolute Gasteiger partial charge is 0.309 e. The van der Waals surface area contributed by atoms with Crippen molar-refractivity contribution >= 4 is 16.0 Å². The molecule has 5 nitrogen and oxygen atoms in total. The van der Waals surface area contributed by atoms with E-state index in [9.17, 15) is 22.0 Å². The molecular formula is C13H15F2NO4S. The van der Waals surface area contributed by atoms with Gasteiger partial charge in [0.05, 0.1) is 5.41 Å². The number of hydrogen-bond acceptors (Lipinski definition) is 3. The van der Waals surface area contributed by atoms with Crippen molar-refractivity contribution in [3.05, 3.63) is 29.8 Å². The van der Waals surface area contributed by atoms with Gasteiger partial charge in [-0.2, -0.15) is 4.31 Å². The molecule has 0 saturated carbocycles. The van der Waals surface area contributed by atoms with E-state index < -0.39 is 37.9 Å². The monoisotopic (exact) mass is 319 g/mol. The van der Waals surface area contributed by atoms with Crippen molar-refractivity contribution in [2.75, 3.05) is 13.1 Å². The molecule has 116 valence electrons. The Kier molecular flexibility index (Phi) is 4.03. The maximum atomic E-state index is 13.7. The van der Waals surface area contributed by atoms with Crippen LogP contribution in [0.1, 0.15) is 19.8 Å². The third-order valence-corrected chi connectivity index (χ3v) is 5.79. The van der Waals surface area contributed by atoms with Gasteiger partial charge in [0.15, 0.2) is 11.6 Å². The molecule has 1 heterocycles. The average molecular weight is 319 g/mol. The number of benzene rings is 1. The number of carboxylic acids is 1. The summed E-state index contributed by atoms with van der Waals surface area (Å²) in [7, 11) is -4.17. The minimum atomic E-state index is -4.17. The number of nitrogens with zero attached hydrogens (tertiary/aromatic N) is 1. The Balaban J connectivity index is 2.27. The zero-order valence-electron chi connectivity index (χ0n) is 11.3. The molecule has 0 radical (unpaired) electrons. The van der Waals surface area contributed by atoms with Gasteiger partial charge in [-0.3, -0.25) is 4.79 Å². The quantitative estimate of drug-likeness (QED) is 0.922. The highest BCUT2D eigenvalue weighted by Crippen LogP contribution is 2.34. The molecule has 1 aliphatic heterocycles. The molecule has 0 amide bonds. The summed E-state index contributed by atoms with van der Waals surface area (Å²) in [4.78, 5) is 10.4. The van der Waals surface area contributed by atoms with E-state index in [-0.39, 0.29) is 25.9 Å². The fourth-order valence-corrected chi connectivity index (χ4v) is 3.77. The van der Waals surface area contributed by atoms with Crippen molar-refractivity contribution in [1.29, 1.82) is 0 Å². The van der Waals surface area contributed by atoms with Crippen LogP contribution in [0.4, 0.5) is 8.78 Å². The van der Waals surface area contributed by atoms with Gasteiger partial charge in [-0.1, -0.05) is 6.07 Å². The molecular weight excluding hydrogens is 304 g/mol. The van der Waals surface area contributed by atoms with E-state index in [1.807, 2.05) is 0 Å². The van der Waals surface area contributed by atoms with Gasteiger partial charge < -0.3 is 5.11 Å². The molecule has 8 heteroatoms. The summed E-state index contributed by atoms with van der Waals surface area (Å²) in [6, 6.07) is 2.96. The normalized spacial score (nSPS) is 19.4. The van der Waals surface area contributed by atoms with Crippen LogP contribution in [0.2, 0.25) is 0 Å². The van der Waals surface area contributed by atoms with Crippen molar-refractivity contribution in [1.82, 2.24) is 4.31 Å². The predicted molar refractivity (Wildman–Crippen MR) is 70.1 cm³/mol. The zero-order valence-corrected chi connectivity index (χ0v) is 12.2. The third-order valence-electron chi connectivity index (χ3n) is 3.88. The van der Waals surface area contributed by atoms with Gasteiger partial charge in [-0.15, -0.1) is 0 Å². The van der Waals surface area contributed by atoms with E-state index in [4.69, 9.17) is 5.11 Å². The van der Waals surface area contributed by atoms with Crippen molar-refractivity contribution in [2.45, 2.75) is 24.7 Å². The lowest BCUT2D eigenvalue weighted by molar-refractivity contribution is -0.150. The van der Waals surface area contributed by atoms with Gasteiger partial charge >= 0.3 is 5.97 Å². The summed E-state index contributed by atoms with van der Waals surface area (Å²) < 4.78 is 52.4. The summed E-state index contributed by atoms with van der Waals surface area (Å²) in [5.41, 5.74) is -0.994. The lowest BCUT2D eigenvalue weighted by Crippen LogP contribution is -2.45. The van der Waals surface area contributed by atoms with Crippen LogP contribution in [-0.2, 0) is 14.8 Å². The number of carbonyl (C=O) groups is 1. The minimum Gasteiger partial charge on any atom is -0.481 e. The molecule has 21 heavy (non-hydrogen) atoms. The van der Waals surface area contributed by atoms with Crippen molar-refractivity contribution < 1.29 is 27.1 Å². The maximum Gasteiger partial charge on any atom is 0.309 e. The number of halogens is 2. The van der Waals surface area contributed by atoms with Crippen LogP contribution in [0.15, 0.2) is 23.1 Å². The highest BCUT2D eigenvalue weighted by atomic mass is 32.2. The van der Waals surface area contributed by atoms with Crippen molar-refractivity contribution in [2.24, 2.45) is 5.41 Å². The van der Waals surface area contributed by atoms with Crippen LogP contribution < -0.4 is 0 Å². The molecule has 1 N–H and O–H groups in total. The number of aliphatic carboxylic acids is 1. The molecule has 0 unspecified atom stereocenters. The first-order chi connectivity index (χ1) is 9.68. The molecule has 1 aromatic carbocycles. The van der Waals surface area contributed by atoms with Gasteiger partial charge in [0.1, 0.15) is 4.90 Å². The second kappa shape index (κ2) is 5.34. The number of hydrogen-bond donors (Lipinski definition) is 1. The molecule has 0 aromatic heterocycles. The molecule has 2 rings (SSSR count). The SMILES string of the molecule is CC1(C(=O)O)CCN(S(=O)(=O)c2cccc(F)c2F)CC1. The number of piperidine rings is 1. The average Bonchev–Trinajstić information content (AvgIpc) is 2.42. The van der Waals surface area contributed by atoms with Crippen LogP contribution in [0.25, 0.3) is 0 Å². The Hall–Kier alpha value is -1.54. The Labute approximate surface area is 121 Å². The topological polar surface area (TPSA) is 74.7 Å². The molecule has 1 aromatic rings. The van der Waals surface area contributed by atoms with Crippen LogP contribution >= 0.6 is 0 Å². The minimum absolute atomic E-state index is 0.0406. The van der Waals surface area contributed by atoms with Gasteiger partial charge in [-0.05, 0) is 31.9 Å². The van der Waals surface area contributed by atoms with Gasteiger partial charge in [-0.25, -0.2) is 17.2 Å². The second-order valence-electron chi connectivity index (χ2n) is 5.32. The highest BCUT2D eigenvalue weighted by Gasteiger charge is 2.41. The van der Waals surface area contributed by atoms with Gasteiger partial charge in [0.25, 0.3) is 0 Å². The van der Waals surface area contributed by atoms with E-state index in [0.29, 0.717) is 0 Å². The third kappa shape index (κ3) is 2.77. The van der Waals surface area contributed by atoms with Gasteiger partial charge in [0.2, 0.25) is 10.0 Å². The molecule has 1 saturated heterocycles. The summed E-state index contributed by atoms with van der Waals surface area (Å²) in [6.07, 6.45) is 0.247. The highest BCUT2D eigenvalue weighted by molar-refractivity contribution is 7.89. The molecule has 0 spiro atoms. The summed E-state index contributed by atoms with van der Waals surface area (Å²) in [6.45, 7) is 1.46. The number of rotatable bonds is 3. The summed E-state index contributed by atoms with van der Waals surface area (Å²) in [5.74, 6) is -3.64. The fourth-order valence-electron chi connectivity index (χ4n) is 2.26. The van der Waals surface area contributed by atoms with Crippen LogP contribution in [0, 0.1) is 17.0 Å². The predicted octanol–water partition coefficient (Wildman–Crippen LogP) is 1.84. The van der Waals surface area contributed by atoms with E-state index in [1.165, 1.54) is 0 Å². The molecule has 1 aliphatic rings. The lowest BCUT2D eigenvalue weighted by Gasteiger charge is -2.35. The van der Waals surface area contributed by atoms with Crippen LogP contribution in [0.3, 0.4) is 0 Å². The van der Waals surface area contributed by atoms with Gasteiger partial charge in [0, 0.05) is 13.1 Å². The number of carboxylic acid groups (broad SMARTS) is 1. The Bertz CT molecular complexity index is 667. The van der Waals surface area contributed by atoms with Crippen molar-refractivity contribution in [3.8, 4) is 0 Å². The lowest BCUT2D eigenvalue weighted by atomic mass is 9.81. The standard InChI is InChI=1S/C13H15F2NO4S/c1-13(12(17)18)5-7-16(8-6-13)21(19,20)10-4-2-3-9(14)11(10)15/h2-4H,5-8H2,1H3,(H,17,18). The zero-order chi connectivity index (χ0) is 15.8. The second-order valence-corrected chi connectivity index (χ2v) is 7.23. The molecule has 0 aliphatic carbocycles. The Morgan fingerprint density at radius 1 is 1.29 bits per heavy atom. The summed E-state index contributed by atoms with van der Waals surface area (Å²) >= 11 is 0. The molecule has 0 atom stereocenters. The number of sulfonamides is 1. The van der Waals surface area contributed by atoms with Crippen LogP contribution in [0.5, 0.6) is 0 Å². The van der Waals surface area contributed by atoms with Crippen molar-refractivity contribution in [3.63, 3.8) is 0 Å². The molecule has 1 fully saturated rings. The van der Waals surface area contributed by atoms with E-state index in [2.05, 4.69) is 0 Å². The maximum absolute atomic E-state index is 13.7. The first-order valence-electron chi connectivity index (χ1n) is 6.36. The first kappa shape index (κ1) is 15.8. The molecule has 0 bridgehead atoms. The summed E-state index contributed by atoms with van der Waals surface area (Å²) in [5, 5.41) is 9.11. The van der Waals surface area contributed by atoms with Crippen LogP contribution in [-0.4, -0.2) is 36.9 Å². The first-order valence-corrected chi connectivity index (χ1v) is 7.80. The Morgan fingerprint density at radius 3 is 2.38 bits per heavy atom. The fraction of sp³-hybridized carbons (Fsp3) is 0.462. The van der Waals surface area contributed by atoms with E-state index in [0.717, 1.165) is 22.5 Å². The van der Waals surface area contributed by atoms with E-state index in [1.54, 1.807) is 6.92 Å².